The van der Waals surface area contributed by atoms with Gasteiger partial charge in [-0.15, -0.1) is 0 Å². The maximum absolute atomic E-state index is 13.1. The Kier molecular flexibility index (Phi) is 7.60. The van der Waals surface area contributed by atoms with Gasteiger partial charge in [0.05, 0.1) is 31.0 Å². The predicted octanol–water partition coefficient (Wildman–Crippen LogP) is 3.66. The molecule has 35 heavy (non-hydrogen) atoms. The first-order valence-electron chi connectivity index (χ1n) is 11.3. The van der Waals surface area contributed by atoms with Gasteiger partial charge in [-0.05, 0) is 35.9 Å². The van der Waals surface area contributed by atoms with Crippen molar-refractivity contribution in [1.82, 2.24) is 9.80 Å². The fourth-order valence-corrected chi connectivity index (χ4v) is 3.91. The van der Waals surface area contributed by atoms with Gasteiger partial charge in [0.2, 0.25) is 11.8 Å². The Labute approximate surface area is 201 Å². The first-order chi connectivity index (χ1) is 16.8. The quantitative estimate of drug-likeness (QED) is 0.650. The lowest BCUT2D eigenvalue weighted by atomic mass is 10.1. The number of nitrogens with zero attached hydrogens (tertiary/aromatic N) is 2. The smallest absolute Gasteiger partial charge is 0.418 e. The lowest BCUT2D eigenvalue weighted by Crippen LogP contribution is -2.50. The highest BCUT2D eigenvalue weighted by Crippen LogP contribution is 2.34. The fourth-order valence-electron chi connectivity index (χ4n) is 3.91. The van der Waals surface area contributed by atoms with Crippen LogP contribution in [0.5, 0.6) is 11.5 Å². The number of anilines is 1. The molecule has 0 atom stereocenters. The Hall–Kier alpha value is -3.53. The summed E-state index contributed by atoms with van der Waals surface area (Å²) in [5.74, 6) is 0.658. The van der Waals surface area contributed by atoms with Gasteiger partial charge < -0.3 is 19.7 Å². The molecule has 10 heteroatoms. The minimum Gasteiger partial charge on any atom is -0.490 e. The van der Waals surface area contributed by atoms with Crippen molar-refractivity contribution in [3.8, 4) is 11.5 Å². The lowest BCUT2D eigenvalue weighted by molar-refractivity contribution is -0.137. The van der Waals surface area contributed by atoms with E-state index < -0.39 is 17.6 Å². The van der Waals surface area contributed by atoms with Crippen molar-refractivity contribution in [3.63, 3.8) is 0 Å². The van der Waals surface area contributed by atoms with Crippen molar-refractivity contribution in [3.05, 3.63) is 59.7 Å². The van der Waals surface area contributed by atoms with Crippen molar-refractivity contribution in [2.24, 2.45) is 0 Å². The van der Waals surface area contributed by atoms with E-state index in [-0.39, 0.29) is 18.1 Å². The van der Waals surface area contributed by atoms with Gasteiger partial charge in [-0.1, -0.05) is 18.2 Å². The monoisotopic (exact) mass is 489 g/mol. The van der Waals surface area contributed by atoms with E-state index in [0.29, 0.717) is 50.9 Å². The highest BCUT2D eigenvalue weighted by atomic mass is 19.4. The molecule has 2 heterocycles. The fraction of sp³-hybridized carbons (Fsp3) is 0.360. The minimum absolute atomic E-state index is 0.0543. The van der Waals surface area contributed by atoms with Gasteiger partial charge in [0, 0.05) is 38.7 Å². The van der Waals surface area contributed by atoms with Crippen LogP contribution in [-0.2, 0) is 15.8 Å². The van der Waals surface area contributed by atoms with Gasteiger partial charge in [-0.3, -0.25) is 14.5 Å². The van der Waals surface area contributed by atoms with E-state index in [1.807, 2.05) is 23.1 Å². The van der Waals surface area contributed by atoms with Gasteiger partial charge in [0.15, 0.2) is 11.5 Å². The molecule has 0 aromatic heterocycles. The van der Waals surface area contributed by atoms with E-state index in [1.54, 1.807) is 11.0 Å². The average molecular weight is 489 g/mol. The Balaban J connectivity index is 1.26. The molecule has 0 saturated carbocycles. The molecule has 0 unspecified atom stereocenters. The van der Waals surface area contributed by atoms with Crippen molar-refractivity contribution in [2.75, 3.05) is 51.3 Å². The largest absolute Gasteiger partial charge is 0.490 e. The van der Waals surface area contributed by atoms with Gasteiger partial charge in [0.1, 0.15) is 0 Å². The van der Waals surface area contributed by atoms with Crippen LogP contribution in [0.4, 0.5) is 18.9 Å². The van der Waals surface area contributed by atoms with Crippen LogP contribution in [-0.4, -0.2) is 67.6 Å². The molecule has 2 aliphatic rings. The number of halogens is 3. The number of rotatable bonds is 5. The minimum atomic E-state index is -4.55. The van der Waals surface area contributed by atoms with Crippen LogP contribution in [0.25, 0.3) is 6.08 Å². The van der Waals surface area contributed by atoms with E-state index >= 15 is 0 Å². The molecule has 0 aliphatic carbocycles. The van der Waals surface area contributed by atoms with E-state index in [1.165, 1.54) is 24.3 Å². The van der Waals surface area contributed by atoms with Crippen LogP contribution < -0.4 is 14.8 Å². The summed E-state index contributed by atoms with van der Waals surface area (Å²) < 4.78 is 50.6. The number of hydrogen-bond donors (Lipinski definition) is 1. The van der Waals surface area contributed by atoms with Crippen LogP contribution in [0, 0.1) is 0 Å². The van der Waals surface area contributed by atoms with Gasteiger partial charge in [-0.25, -0.2) is 0 Å². The number of para-hydroxylation sites is 1. The zero-order valence-electron chi connectivity index (χ0n) is 19.0. The number of amides is 2. The number of carbonyl (C=O) groups is 2. The Morgan fingerprint density at radius 3 is 2.43 bits per heavy atom. The number of hydrogen-bond acceptors (Lipinski definition) is 5. The van der Waals surface area contributed by atoms with E-state index in [0.717, 1.165) is 18.1 Å². The Bertz CT molecular complexity index is 1100. The third-order valence-electron chi connectivity index (χ3n) is 5.75. The molecular formula is C25H26F3N3O4. The lowest BCUT2D eigenvalue weighted by Gasteiger charge is -2.33. The predicted molar refractivity (Wildman–Crippen MR) is 124 cm³/mol. The molecule has 2 amide bonds. The van der Waals surface area contributed by atoms with Crippen LogP contribution in [0.3, 0.4) is 0 Å². The molecule has 186 valence electrons. The number of piperazine rings is 1. The first kappa shape index (κ1) is 24.6. The first-order valence-corrected chi connectivity index (χ1v) is 11.3. The zero-order chi connectivity index (χ0) is 24.8. The zero-order valence-corrected chi connectivity index (χ0v) is 19.0. The van der Waals surface area contributed by atoms with Gasteiger partial charge in [0.25, 0.3) is 0 Å². The molecule has 2 aromatic rings. The highest BCUT2D eigenvalue weighted by molar-refractivity contribution is 5.93. The summed E-state index contributed by atoms with van der Waals surface area (Å²) in [5, 5.41) is 2.35. The molecule has 1 fully saturated rings. The van der Waals surface area contributed by atoms with Crippen molar-refractivity contribution >= 4 is 23.6 Å². The van der Waals surface area contributed by atoms with Crippen molar-refractivity contribution < 1.29 is 32.2 Å². The molecule has 7 nitrogen and oxygen atoms in total. The highest BCUT2D eigenvalue weighted by Gasteiger charge is 2.33. The number of fused-ring (bicyclic) bond motifs is 1. The summed E-state index contributed by atoms with van der Waals surface area (Å²) in [5.41, 5.74) is -0.333. The SMILES string of the molecule is O=C(CN1CCN(C(=O)C=Cc2ccc3c(c2)OCCCO3)CC1)Nc1ccccc1C(F)(F)F. The van der Waals surface area contributed by atoms with E-state index in [9.17, 15) is 22.8 Å². The molecule has 2 aromatic carbocycles. The molecule has 0 radical (unpaired) electrons. The Morgan fingerprint density at radius 1 is 0.971 bits per heavy atom. The van der Waals surface area contributed by atoms with Crippen LogP contribution in [0.2, 0.25) is 0 Å². The van der Waals surface area contributed by atoms with Crippen molar-refractivity contribution in [1.29, 1.82) is 0 Å². The normalized spacial score (nSPS) is 16.7. The second-order valence-corrected chi connectivity index (χ2v) is 8.28. The van der Waals surface area contributed by atoms with E-state index in [2.05, 4.69) is 5.32 Å². The van der Waals surface area contributed by atoms with Gasteiger partial charge in [-0.2, -0.15) is 13.2 Å². The summed E-state index contributed by atoms with van der Waals surface area (Å²) >= 11 is 0. The number of carbonyl (C=O) groups excluding carboxylic acids is 2. The summed E-state index contributed by atoms with van der Waals surface area (Å²) in [6, 6.07) is 10.4. The maximum atomic E-state index is 13.1. The molecule has 1 N–H and O–H groups in total. The second kappa shape index (κ2) is 10.8. The third kappa shape index (κ3) is 6.54. The molecular weight excluding hydrogens is 463 g/mol. The molecule has 0 spiro atoms. The van der Waals surface area contributed by atoms with Crippen LogP contribution in [0.1, 0.15) is 17.5 Å². The standard InChI is InChI=1S/C25H26F3N3O4/c26-25(27,28)19-4-1-2-5-20(19)29-23(32)17-30-10-12-31(13-11-30)24(33)9-7-18-6-8-21-22(16-18)35-15-3-14-34-21/h1-2,4-9,16H,3,10-15,17H2,(H,29,32). The molecule has 1 saturated heterocycles. The third-order valence-corrected chi connectivity index (χ3v) is 5.75. The summed E-state index contributed by atoms with van der Waals surface area (Å²) in [7, 11) is 0. The average Bonchev–Trinajstić information content (AvgIpc) is 3.07. The molecule has 2 aliphatic heterocycles. The Morgan fingerprint density at radius 2 is 1.69 bits per heavy atom. The second-order valence-electron chi connectivity index (χ2n) is 8.28. The molecule has 4 rings (SSSR count). The van der Waals surface area contributed by atoms with Gasteiger partial charge >= 0.3 is 6.18 Å². The molecule has 0 bridgehead atoms. The van der Waals surface area contributed by atoms with Crippen LogP contribution >= 0.6 is 0 Å². The summed E-state index contributed by atoms with van der Waals surface area (Å²) in [4.78, 5) is 28.4. The number of ether oxygens (including phenoxy) is 2. The maximum Gasteiger partial charge on any atom is 0.418 e. The number of alkyl halides is 3. The summed E-state index contributed by atoms with van der Waals surface area (Å²) in [6.45, 7) is 2.84. The number of benzene rings is 2. The topological polar surface area (TPSA) is 71.1 Å². The number of nitrogens with one attached hydrogen (secondary N) is 1. The summed E-state index contributed by atoms with van der Waals surface area (Å²) in [6.07, 6.45) is -0.528. The van der Waals surface area contributed by atoms with E-state index in [4.69, 9.17) is 9.47 Å². The van der Waals surface area contributed by atoms with Crippen molar-refractivity contribution in [2.45, 2.75) is 12.6 Å². The van der Waals surface area contributed by atoms with Crippen LogP contribution in [0.15, 0.2) is 48.5 Å².